The molecule has 1 atom stereocenters. The zero-order valence-corrected chi connectivity index (χ0v) is 13.5. The largest absolute Gasteiger partial charge is 0.489 e. The summed E-state index contributed by atoms with van der Waals surface area (Å²) in [4.78, 5) is 11.7. The Morgan fingerprint density at radius 1 is 1.09 bits per heavy atom. The smallest absolute Gasteiger partial charge is 0.220 e. The summed E-state index contributed by atoms with van der Waals surface area (Å²) in [6.07, 6.45) is 1.17. The number of hydrogen-bond donors (Lipinski definition) is 2. The van der Waals surface area contributed by atoms with Gasteiger partial charge in [0, 0.05) is 19.0 Å². The molecule has 0 bridgehead atoms. The van der Waals surface area contributed by atoms with Gasteiger partial charge in [-0.1, -0.05) is 42.5 Å². The van der Waals surface area contributed by atoms with Crippen molar-refractivity contribution in [3.05, 3.63) is 65.7 Å². The summed E-state index contributed by atoms with van der Waals surface area (Å²) in [7, 11) is 0. The highest BCUT2D eigenvalue weighted by atomic mass is 16.5. The van der Waals surface area contributed by atoms with E-state index in [0.717, 1.165) is 16.9 Å². The fourth-order valence-corrected chi connectivity index (χ4v) is 2.09. The van der Waals surface area contributed by atoms with E-state index in [1.807, 2.05) is 61.5 Å². The first kappa shape index (κ1) is 17.0. The zero-order chi connectivity index (χ0) is 16.5. The van der Waals surface area contributed by atoms with Crippen molar-refractivity contribution in [2.45, 2.75) is 39.0 Å². The maximum absolute atomic E-state index is 11.7. The first-order chi connectivity index (χ1) is 11.1. The number of rotatable bonds is 8. The summed E-state index contributed by atoms with van der Waals surface area (Å²) < 4.78 is 5.74. The van der Waals surface area contributed by atoms with Gasteiger partial charge in [-0.2, -0.15) is 0 Å². The number of carbonyl (C=O) groups is 1. The van der Waals surface area contributed by atoms with Crippen LogP contribution in [0.15, 0.2) is 54.6 Å². The highest BCUT2D eigenvalue weighted by Gasteiger charge is 2.03. The summed E-state index contributed by atoms with van der Waals surface area (Å²) in [6, 6.07) is 17.9. The van der Waals surface area contributed by atoms with Crippen molar-refractivity contribution >= 4 is 5.91 Å². The molecule has 0 fully saturated rings. The van der Waals surface area contributed by atoms with Gasteiger partial charge in [-0.3, -0.25) is 4.79 Å². The molecule has 23 heavy (non-hydrogen) atoms. The molecule has 1 unspecified atom stereocenters. The molecule has 4 heteroatoms. The molecule has 122 valence electrons. The Morgan fingerprint density at radius 3 is 2.43 bits per heavy atom. The third-order valence-corrected chi connectivity index (χ3v) is 3.49. The monoisotopic (exact) mass is 312 g/mol. The highest BCUT2D eigenvalue weighted by molar-refractivity contribution is 5.75. The van der Waals surface area contributed by atoms with E-state index in [-0.39, 0.29) is 11.9 Å². The summed E-state index contributed by atoms with van der Waals surface area (Å²) in [5.74, 6) is 0.854. The minimum Gasteiger partial charge on any atom is -0.489 e. The van der Waals surface area contributed by atoms with Crippen LogP contribution in [0.5, 0.6) is 5.75 Å². The van der Waals surface area contributed by atoms with Crippen LogP contribution < -0.4 is 15.8 Å². The minimum atomic E-state index is 0.0340. The second-order valence-corrected chi connectivity index (χ2v) is 5.71. The number of carbonyl (C=O) groups excluding carboxylic acids is 1. The lowest BCUT2D eigenvalue weighted by Crippen LogP contribution is -2.25. The Balaban J connectivity index is 1.75. The van der Waals surface area contributed by atoms with Gasteiger partial charge in [0.15, 0.2) is 0 Å². The quantitative estimate of drug-likeness (QED) is 0.787. The molecule has 0 aromatic heterocycles. The Kier molecular flexibility index (Phi) is 6.63. The molecule has 0 saturated carbocycles. The number of amides is 1. The SMILES string of the molecule is CC(N)CCC(=O)NCc1ccc(OCc2ccccc2)cc1. The van der Waals surface area contributed by atoms with Crippen LogP contribution in [-0.2, 0) is 17.9 Å². The Labute approximate surface area is 137 Å². The first-order valence-electron chi connectivity index (χ1n) is 7.91. The fraction of sp³-hybridized carbons (Fsp3) is 0.316. The van der Waals surface area contributed by atoms with Gasteiger partial charge in [0.05, 0.1) is 0 Å². The standard InChI is InChI=1S/C19H24N2O2/c1-15(20)7-12-19(22)21-13-16-8-10-18(11-9-16)23-14-17-5-3-2-4-6-17/h2-6,8-11,15H,7,12-14,20H2,1H3,(H,21,22). The lowest BCUT2D eigenvalue weighted by molar-refractivity contribution is -0.121. The second-order valence-electron chi connectivity index (χ2n) is 5.71. The molecular formula is C19H24N2O2. The maximum atomic E-state index is 11.7. The lowest BCUT2D eigenvalue weighted by atomic mass is 10.2. The number of benzene rings is 2. The van der Waals surface area contributed by atoms with E-state index in [2.05, 4.69) is 5.32 Å². The van der Waals surface area contributed by atoms with Gasteiger partial charge < -0.3 is 15.8 Å². The Morgan fingerprint density at radius 2 is 1.78 bits per heavy atom. The van der Waals surface area contributed by atoms with Gasteiger partial charge in [0.25, 0.3) is 0 Å². The van der Waals surface area contributed by atoms with Crippen LogP contribution >= 0.6 is 0 Å². The molecular weight excluding hydrogens is 288 g/mol. The van der Waals surface area contributed by atoms with Crippen molar-refractivity contribution in [1.29, 1.82) is 0 Å². The molecule has 0 radical (unpaired) electrons. The second kappa shape index (κ2) is 8.96. The summed E-state index contributed by atoms with van der Waals surface area (Å²) in [6.45, 7) is 2.98. The van der Waals surface area contributed by atoms with Gasteiger partial charge in [-0.25, -0.2) is 0 Å². The topological polar surface area (TPSA) is 64.4 Å². The van der Waals surface area contributed by atoms with Crippen molar-refractivity contribution in [3.8, 4) is 5.75 Å². The average Bonchev–Trinajstić information content (AvgIpc) is 2.58. The van der Waals surface area contributed by atoms with Gasteiger partial charge in [0.2, 0.25) is 5.91 Å². The molecule has 0 saturated heterocycles. The summed E-state index contributed by atoms with van der Waals surface area (Å²) in [5, 5.41) is 2.90. The van der Waals surface area contributed by atoms with E-state index in [4.69, 9.17) is 10.5 Å². The zero-order valence-electron chi connectivity index (χ0n) is 13.5. The van der Waals surface area contributed by atoms with E-state index in [1.54, 1.807) is 0 Å². The lowest BCUT2D eigenvalue weighted by Gasteiger charge is -2.09. The van der Waals surface area contributed by atoms with Crippen molar-refractivity contribution in [2.24, 2.45) is 5.73 Å². The van der Waals surface area contributed by atoms with Crippen molar-refractivity contribution in [1.82, 2.24) is 5.32 Å². The molecule has 0 heterocycles. The van der Waals surface area contributed by atoms with E-state index in [1.165, 1.54) is 0 Å². The van der Waals surface area contributed by atoms with E-state index < -0.39 is 0 Å². The van der Waals surface area contributed by atoms with E-state index in [9.17, 15) is 4.79 Å². The molecule has 1 amide bonds. The van der Waals surface area contributed by atoms with Crippen LogP contribution in [0.25, 0.3) is 0 Å². The average molecular weight is 312 g/mol. The molecule has 2 aromatic rings. The van der Waals surface area contributed by atoms with Crippen LogP contribution in [0.1, 0.15) is 30.9 Å². The van der Waals surface area contributed by atoms with Gasteiger partial charge in [-0.05, 0) is 36.6 Å². The first-order valence-corrected chi connectivity index (χ1v) is 7.91. The molecule has 0 aliphatic carbocycles. The Bertz CT molecular complexity index is 595. The maximum Gasteiger partial charge on any atom is 0.220 e. The summed E-state index contributed by atoms with van der Waals surface area (Å²) >= 11 is 0. The predicted octanol–water partition coefficient (Wildman–Crippen LogP) is 3.01. The van der Waals surface area contributed by atoms with E-state index >= 15 is 0 Å². The van der Waals surface area contributed by atoms with Crippen molar-refractivity contribution in [3.63, 3.8) is 0 Å². The van der Waals surface area contributed by atoms with Crippen LogP contribution in [0.2, 0.25) is 0 Å². The van der Waals surface area contributed by atoms with Crippen LogP contribution in [0.3, 0.4) is 0 Å². The van der Waals surface area contributed by atoms with Gasteiger partial charge in [0.1, 0.15) is 12.4 Å². The number of nitrogens with two attached hydrogens (primary N) is 1. The number of ether oxygens (including phenoxy) is 1. The molecule has 2 rings (SSSR count). The third kappa shape index (κ3) is 6.53. The van der Waals surface area contributed by atoms with Crippen LogP contribution in [-0.4, -0.2) is 11.9 Å². The number of nitrogens with one attached hydrogen (secondary N) is 1. The molecule has 4 nitrogen and oxygen atoms in total. The van der Waals surface area contributed by atoms with Gasteiger partial charge in [-0.15, -0.1) is 0 Å². The minimum absolute atomic E-state index is 0.0340. The fourth-order valence-electron chi connectivity index (χ4n) is 2.09. The molecule has 0 aliphatic rings. The number of hydrogen-bond acceptors (Lipinski definition) is 3. The van der Waals surface area contributed by atoms with Gasteiger partial charge >= 0.3 is 0 Å². The Hall–Kier alpha value is -2.33. The third-order valence-electron chi connectivity index (χ3n) is 3.49. The predicted molar refractivity (Wildman–Crippen MR) is 91.9 cm³/mol. The normalized spacial score (nSPS) is 11.7. The van der Waals surface area contributed by atoms with Crippen molar-refractivity contribution < 1.29 is 9.53 Å². The summed E-state index contributed by atoms with van der Waals surface area (Å²) in [5.41, 5.74) is 7.83. The van der Waals surface area contributed by atoms with Crippen LogP contribution in [0, 0.1) is 0 Å². The highest BCUT2D eigenvalue weighted by Crippen LogP contribution is 2.14. The molecule has 3 N–H and O–H groups in total. The molecule has 2 aromatic carbocycles. The van der Waals surface area contributed by atoms with Crippen molar-refractivity contribution in [2.75, 3.05) is 0 Å². The molecule has 0 spiro atoms. The van der Waals surface area contributed by atoms with E-state index in [0.29, 0.717) is 26.0 Å². The molecule has 0 aliphatic heterocycles. The van der Waals surface area contributed by atoms with Crippen LogP contribution in [0.4, 0.5) is 0 Å².